The van der Waals surface area contributed by atoms with Gasteiger partial charge in [0, 0.05) is 22.3 Å². The van der Waals surface area contributed by atoms with Gasteiger partial charge in [-0.2, -0.15) is 5.26 Å². The van der Waals surface area contributed by atoms with E-state index in [-0.39, 0.29) is 39.5 Å². The van der Waals surface area contributed by atoms with Crippen molar-refractivity contribution in [3.8, 4) is 6.07 Å². The summed E-state index contributed by atoms with van der Waals surface area (Å²) in [4.78, 5) is 38.4. The van der Waals surface area contributed by atoms with Crippen molar-refractivity contribution in [1.82, 2.24) is 0 Å². The van der Waals surface area contributed by atoms with Crippen LogP contribution in [-0.2, 0) is 0 Å². The number of benzene rings is 3. The summed E-state index contributed by atoms with van der Waals surface area (Å²) < 4.78 is 0. The number of hydrogen-bond donors (Lipinski definition) is 1. The Bertz CT molecular complexity index is 1160. The van der Waals surface area contributed by atoms with Gasteiger partial charge in [-0.3, -0.25) is 14.4 Å². The lowest BCUT2D eigenvalue weighted by molar-refractivity contribution is 0.0978. The maximum atomic E-state index is 13.0. The van der Waals surface area contributed by atoms with E-state index in [0.717, 1.165) is 0 Å². The molecule has 1 N–H and O–H groups in total. The van der Waals surface area contributed by atoms with Gasteiger partial charge in [-0.25, -0.2) is 0 Å². The van der Waals surface area contributed by atoms with Gasteiger partial charge in [0.25, 0.3) is 5.91 Å². The molecule has 3 aromatic rings. The van der Waals surface area contributed by atoms with Crippen LogP contribution in [0.1, 0.15) is 47.8 Å². The number of carbonyl (C=O) groups excluding carboxylic acids is 3. The highest BCUT2D eigenvalue weighted by molar-refractivity contribution is 6.31. The minimum atomic E-state index is -0.459. The van der Waals surface area contributed by atoms with E-state index >= 15 is 0 Å². The third kappa shape index (κ3) is 2.60. The highest BCUT2D eigenvalue weighted by atomic mass is 16.2. The van der Waals surface area contributed by atoms with Crippen LogP contribution in [0.2, 0.25) is 0 Å². The van der Waals surface area contributed by atoms with Crippen molar-refractivity contribution in [2.24, 2.45) is 0 Å². The standard InChI is InChI=1S/C22H12N2O3/c23-12-14-10-11-17-18(19(14)24-22(27)13-6-2-1-3-7-13)21(26)16-9-5-4-8-15(16)20(17)25/h1-11H,(H,24,27). The van der Waals surface area contributed by atoms with Gasteiger partial charge in [0.2, 0.25) is 0 Å². The van der Waals surface area contributed by atoms with E-state index in [2.05, 4.69) is 5.32 Å². The van der Waals surface area contributed by atoms with E-state index in [4.69, 9.17) is 0 Å². The molecule has 1 aliphatic rings. The fourth-order valence-electron chi connectivity index (χ4n) is 3.18. The Balaban J connectivity index is 1.88. The monoisotopic (exact) mass is 352 g/mol. The van der Waals surface area contributed by atoms with Crippen LogP contribution in [0.4, 0.5) is 5.69 Å². The van der Waals surface area contributed by atoms with Crippen molar-refractivity contribution in [1.29, 1.82) is 5.26 Å². The molecule has 5 nitrogen and oxygen atoms in total. The first-order valence-corrected chi connectivity index (χ1v) is 8.23. The van der Waals surface area contributed by atoms with Crippen LogP contribution < -0.4 is 5.32 Å². The number of anilines is 1. The molecule has 0 aromatic heterocycles. The zero-order valence-corrected chi connectivity index (χ0v) is 14.0. The molecule has 128 valence electrons. The Labute approximate surface area is 154 Å². The number of nitrogens with one attached hydrogen (secondary N) is 1. The van der Waals surface area contributed by atoms with E-state index in [1.54, 1.807) is 54.6 Å². The summed E-state index contributed by atoms with van der Waals surface area (Å²) in [6.07, 6.45) is 0. The minimum absolute atomic E-state index is 0.0574. The second kappa shape index (κ2) is 6.36. The number of hydrogen-bond acceptors (Lipinski definition) is 4. The van der Waals surface area contributed by atoms with Crippen molar-refractivity contribution < 1.29 is 14.4 Å². The lowest BCUT2D eigenvalue weighted by Crippen LogP contribution is -2.24. The Morgan fingerprint density at radius 1 is 0.778 bits per heavy atom. The highest BCUT2D eigenvalue weighted by Gasteiger charge is 2.33. The van der Waals surface area contributed by atoms with Crippen molar-refractivity contribution in [2.45, 2.75) is 0 Å². The Kier molecular flexibility index (Phi) is 3.87. The highest BCUT2D eigenvalue weighted by Crippen LogP contribution is 2.34. The maximum absolute atomic E-state index is 13.0. The number of carbonyl (C=O) groups is 3. The third-order valence-electron chi connectivity index (χ3n) is 4.49. The predicted octanol–water partition coefficient (Wildman–Crippen LogP) is 3.59. The van der Waals surface area contributed by atoms with E-state index in [1.165, 1.54) is 12.1 Å². The molecule has 0 aliphatic heterocycles. The van der Waals surface area contributed by atoms with Gasteiger partial charge in [-0.05, 0) is 24.3 Å². The molecule has 0 atom stereocenters. The predicted molar refractivity (Wildman–Crippen MR) is 98.9 cm³/mol. The van der Waals surface area contributed by atoms with Gasteiger partial charge >= 0.3 is 0 Å². The Morgan fingerprint density at radius 3 is 2.07 bits per heavy atom. The van der Waals surface area contributed by atoms with Crippen LogP contribution in [-0.4, -0.2) is 17.5 Å². The van der Waals surface area contributed by atoms with Crippen molar-refractivity contribution in [3.63, 3.8) is 0 Å². The molecule has 1 amide bonds. The number of nitrogens with zero attached hydrogens (tertiary/aromatic N) is 1. The van der Waals surface area contributed by atoms with Gasteiger partial charge < -0.3 is 5.32 Å². The molecular formula is C22H12N2O3. The average molecular weight is 352 g/mol. The lowest BCUT2D eigenvalue weighted by atomic mass is 9.82. The van der Waals surface area contributed by atoms with Gasteiger partial charge in [-0.1, -0.05) is 42.5 Å². The number of nitriles is 1. The number of ketones is 2. The summed E-state index contributed by atoms with van der Waals surface area (Å²) in [6.45, 7) is 0. The van der Waals surface area contributed by atoms with E-state index in [1.807, 2.05) is 6.07 Å². The molecular weight excluding hydrogens is 340 g/mol. The SMILES string of the molecule is N#Cc1ccc2c(c1NC(=O)c1ccccc1)C(=O)c1ccccc1C2=O. The summed E-state index contributed by atoms with van der Waals surface area (Å²) in [5, 5.41) is 12.1. The average Bonchev–Trinajstić information content (AvgIpc) is 2.72. The van der Waals surface area contributed by atoms with E-state index in [9.17, 15) is 19.6 Å². The molecule has 0 fully saturated rings. The first kappa shape index (κ1) is 16.4. The summed E-state index contributed by atoms with van der Waals surface area (Å²) in [6, 6.07) is 19.9. The summed E-state index contributed by atoms with van der Waals surface area (Å²) in [7, 11) is 0. The molecule has 0 saturated heterocycles. The Hall–Kier alpha value is -4.04. The number of rotatable bonds is 2. The molecule has 0 heterocycles. The molecule has 0 bridgehead atoms. The fraction of sp³-hybridized carbons (Fsp3) is 0. The van der Waals surface area contributed by atoms with E-state index < -0.39 is 5.91 Å². The first-order valence-electron chi connectivity index (χ1n) is 8.23. The second-order valence-electron chi connectivity index (χ2n) is 6.05. The van der Waals surface area contributed by atoms with Gasteiger partial charge in [-0.15, -0.1) is 0 Å². The van der Waals surface area contributed by atoms with Crippen LogP contribution in [0.3, 0.4) is 0 Å². The van der Waals surface area contributed by atoms with Crippen molar-refractivity contribution in [3.05, 3.63) is 100 Å². The van der Waals surface area contributed by atoms with Crippen LogP contribution >= 0.6 is 0 Å². The third-order valence-corrected chi connectivity index (χ3v) is 4.49. The number of fused-ring (bicyclic) bond motifs is 2. The van der Waals surface area contributed by atoms with E-state index in [0.29, 0.717) is 11.1 Å². The van der Waals surface area contributed by atoms with Crippen LogP contribution in [0.25, 0.3) is 0 Å². The maximum Gasteiger partial charge on any atom is 0.255 e. The molecule has 0 radical (unpaired) electrons. The minimum Gasteiger partial charge on any atom is -0.320 e. The van der Waals surface area contributed by atoms with Crippen molar-refractivity contribution >= 4 is 23.2 Å². The van der Waals surface area contributed by atoms with Gasteiger partial charge in [0.1, 0.15) is 6.07 Å². The summed E-state index contributed by atoms with van der Waals surface area (Å²) >= 11 is 0. The molecule has 3 aromatic carbocycles. The smallest absolute Gasteiger partial charge is 0.255 e. The molecule has 0 unspecified atom stereocenters. The van der Waals surface area contributed by atoms with Gasteiger partial charge in [0.15, 0.2) is 11.6 Å². The van der Waals surface area contributed by atoms with Crippen molar-refractivity contribution in [2.75, 3.05) is 5.32 Å². The largest absolute Gasteiger partial charge is 0.320 e. The molecule has 5 heteroatoms. The summed E-state index contributed by atoms with van der Waals surface area (Å²) in [5.74, 6) is -1.15. The zero-order chi connectivity index (χ0) is 19.0. The Morgan fingerprint density at radius 2 is 1.41 bits per heavy atom. The molecule has 0 spiro atoms. The fourth-order valence-corrected chi connectivity index (χ4v) is 3.18. The lowest BCUT2D eigenvalue weighted by Gasteiger charge is -2.21. The molecule has 4 rings (SSSR count). The first-order chi connectivity index (χ1) is 13.1. The molecule has 27 heavy (non-hydrogen) atoms. The van der Waals surface area contributed by atoms with Crippen LogP contribution in [0.15, 0.2) is 66.7 Å². The normalized spacial score (nSPS) is 12.0. The number of amides is 1. The van der Waals surface area contributed by atoms with Crippen LogP contribution in [0.5, 0.6) is 0 Å². The van der Waals surface area contributed by atoms with Gasteiger partial charge in [0.05, 0.1) is 16.8 Å². The molecule has 0 saturated carbocycles. The second-order valence-corrected chi connectivity index (χ2v) is 6.05. The topological polar surface area (TPSA) is 87.0 Å². The molecule has 1 aliphatic carbocycles. The quantitative estimate of drug-likeness (QED) is 0.597. The van der Waals surface area contributed by atoms with Crippen LogP contribution in [0, 0.1) is 11.3 Å². The summed E-state index contributed by atoms with van der Waals surface area (Å²) in [5.41, 5.74) is 1.40. The zero-order valence-electron chi connectivity index (χ0n) is 14.0.